The van der Waals surface area contributed by atoms with E-state index in [1.54, 1.807) is 0 Å². The number of urea groups is 1. The third-order valence-electron chi connectivity index (χ3n) is 5.66. The SMILES string of the molecule is CC1CN(C)CCN1c1c(N(C=O)C(=O)Nc2ccc(F)c(C(F)(F)F)c2)cnc2[nH]ncc12. The molecule has 2 aromatic heterocycles. The Kier molecular flexibility index (Phi) is 6.13. The van der Waals surface area contributed by atoms with Crippen LogP contribution in [-0.4, -0.2) is 65.2 Å². The summed E-state index contributed by atoms with van der Waals surface area (Å²) < 4.78 is 52.8. The second-order valence-corrected chi connectivity index (χ2v) is 8.03. The summed E-state index contributed by atoms with van der Waals surface area (Å²) in [5.41, 5.74) is -0.731. The van der Waals surface area contributed by atoms with Crippen molar-refractivity contribution >= 4 is 40.5 Å². The van der Waals surface area contributed by atoms with Crippen molar-refractivity contribution in [3.8, 4) is 0 Å². The van der Waals surface area contributed by atoms with Crippen molar-refractivity contribution in [2.24, 2.45) is 0 Å². The quantitative estimate of drug-likeness (QED) is 0.440. The Bertz CT molecular complexity index is 1230. The number of pyridine rings is 1. The maximum atomic E-state index is 13.6. The first-order valence-electron chi connectivity index (χ1n) is 10.3. The highest BCUT2D eigenvalue weighted by atomic mass is 19.4. The molecule has 13 heteroatoms. The predicted octanol–water partition coefficient (Wildman–Crippen LogP) is 3.45. The molecule has 1 aliphatic rings. The first-order chi connectivity index (χ1) is 16.1. The van der Waals surface area contributed by atoms with Crippen LogP contribution in [0.4, 0.5) is 39.4 Å². The Balaban J connectivity index is 1.72. The van der Waals surface area contributed by atoms with E-state index >= 15 is 0 Å². The second-order valence-electron chi connectivity index (χ2n) is 8.03. The second kappa shape index (κ2) is 8.89. The van der Waals surface area contributed by atoms with Crippen molar-refractivity contribution in [3.05, 3.63) is 42.0 Å². The topological polar surface area (TPSA) is 97.5 Å². The molecule has 1 saturated heterocycles. The van der Waals surface area contributed by atoms with Gasteiger partial charge >= 0.3 is 12.2 Å². The van der Waals surface area contributed by atoms with E-state index in [-0.39, 0.29) is 23.8 Å². The van der Waals surface area contributed by atoms with E-state index in [4.69, 9.17) is 0 Å². The summed E-state index contributed by atoms with van der Waals surface area (Å²) in [7, 11) is 1.98. The van der Waals surface area contributed by atoms with Crippen LogP contribution in [0, 0.1) is 5.82 Å². The van der Waals surface area contributed by atoms with Crippen LogP contribution >= 0.6 is 0 Å². The standard InChI is InChI=1S/C21H21F4N7O2/c1-12-10-30(2)5-6-31(12)18-14-8-27-29-19(14)26-9-17(18)32(11-33)20(34)28-13-3-4-16(22)15(7-13)21(23,24)25/h3-4,7-9,11-12H,5-6,10H2,1-2H3,(H,28,34)(H,26,27,29). The summed E-state index contributed by atoms with van der Waals surface area (Å²) in [6.45, 7) is 4.04. The molecule has 0 saturated carbocycles. The van der Waals surface area contributed by atoms with Crippen LogP contribution in [0.5, 0.6) is 0 Å². The van der Waals surface area contributed by atoms with Gasteiger partial charge in [-0.3, -0.25) is 9.89 Å². The van der Waals surface area contributed by atoms with Gasteiger partial charge < -0.3 is 15.1 Å². The van der Waals surface area contributed by atoms with Crippen LogP contribution in [0.3, 0.4) is 0 Å². The monoisotopic (exact) mass is 479 g/mol. The van der Waals surface area contributed by atoms with Gasteiger partial charge in [-0.15, -0.1) is 0 Å². The number of rotatable bonds is 4. The molecular formula is C21H21F4N7O2. The van der Waals surface area contributed by atoms with Gasteiger partial charge in [-0.2, -0.15) is 18.3 Å². The zero-order valence-corrected chi connectivity index (χ0v) is 18.2. The number of nitrogens with one attached hydrogen (secondary N) is 2. The van der Waals surface area contributed by atoms with Gasteiger partial charge in [0, 0.05) is 31.4 Å². The number of piperazine rings is 1. The molecule has 0 spiro atoms. The van der Waals surface area contributed by atoms with Crippen molar-refractivity contribution < 1.29 is 27.2 Å². The fourth-order valence-electron chi connectivity index (χ4n) is 4.04. The van der Waals surface area contributed by atoms with Crippen LogP contribution in [-0.2, 0) is 11.0 Å². The number of anilines is 3. The Morgan fingerprint density at radius 3 is 2.74 bits per heavy atom. The predicted molar refractivity (Wildman–Crippen MR) is 117 cm³/mol. The number of amides is 3. The number of alkyl halides is 3. The van der Waals surface area contributed by atoms with Gasteiger partial charge in [-0.25, -0.2) is 19.1 Å². The lowest BCUT2D eigenvalue weighted by atomic mass is 10.1. The molecule has 0 aliphatic carbocycles. The number of benzene rings is 1. The largest absolute Gasteiger partial charge is 0.419 e. The molecule has 1 unspecified atom stereocenters. The summed E-state index contributed by atoms with van der Waals surface area (Å²) in [6, 6.07) is 1.03. The van der Waals surface area contributed by atoms with Gasteiger partial charge in [0.1, 0.15) is 5.82 Å². The molecule has 1 atom stereocenters. The lowest BCUT2D eigenvalue weighted by molar-refractivity contribution is -0.139. The molecule has 1 aromatic carbocycles. The molecule has 3 aromatic rings. The summed E-state index contributed by atoms with van der Waals surface area (Å²) in [5.74, 6) is -1.47. The number of imide groups is 1. The smallest absolute Gasteiger partial charge is 0.364 e. The molecule has 2 N–H and O–H groups in total. The van der Waals surface area contributed by atoms with E-state index in [0.29, 0.717) is 35.4 Å². The molecule has 4 rings (SSSR count). The number of hydrogen-bond donors (Lipinski definition) is 2. The zero-order valence-electron chi connectivity index (χ0n) is 18.2. The van der Waals surface area contributed by atoms with E-state index < -0.39 is 23.6 Å². The van der Waals surface area contributed by atoms with Crippen molar-refractivity contribution in [1.29, 1.82) is 0 Å². The normalized spacial score (nSPS) is 17.1. The van der Waals surface area contributed by atoms with E-state index in [2.05, 4.69) is 25.4 Å². The first-order valence-corrected chi connectivity index (χ1v) is 10.3. The van der Waals surface area contributed by atoms with Crippen molar-refractivity contribution in [3.63, 3.8) is 0 Å². The summed E-state index contributed by atoms with van der Waals surface area (Å²) in [4.78, 5) is 34.1. The third-order valence-corrected chi connectivity index (χ3v) is 5.66. The van der Waals surface area contributed by atoms with Crippen molar-refractivity contribution in [1.82, 2.24) is 20.1 Å². The lowest BCUT2D eigenvalue weighted by Crippen LogP contribution is -2.51. The maximum absolute atomic E-state index is 13.6. The minimum Gasteiger partial charge on any atom is -0.364 e. The molecule has 9 nitrogen and oxygen atoms in total. The Labute approximate surface area is 191 Å². The summed E-state index contributed by atoms with van der Waals surface area (Å²) in [5, 5.41) is 9.57. The fraction of sp³-hybridized carbons (Fsp3) is 0.333. The fourth-order valence-corrected chi connectivity index (χ4v) is 4.04. The number of carbonyl (C=O) groups is 2. The van der Waals surface area contributed by atoms with Crippen LogP contribution in [0.1, 0.15) is 12.5 Å². The minimum absolute atomic E-state index is 0.0148. The molecule has 180 valence electrons. The first kappa shape index (κ1) is 23.4. The Hall–Kier alpha value is -3.74. The number of aromatic nitrogens is 3. The highest BCUT2D eigenvalue weighted by Gasteiger charge is 2.35. The number of carbonyl (C=O) groups excluding carboxylic acids is 2. The van der Waals surface area contributed by atoms with Crippen LogP contribution in [0.15, 0.2) is 30.6 Å². The van der Waals surface area contributed by atoms with E-state index in [0.717, 1.165) is 24.1 Å². The van der Waals surface area contributed by atoms with Crippen LogP contribution < -0.4 is 15.1 Å². The van der Waals surface area contributed by atoms with Gasteiger partial charge in [-0.1, -0.05) is 0 Å². The average Bonchev–Trinajstić information content (AvgIpc) is 3.24. The molecular weight excluding hydrogens is 458 g/mol. The van der Waals surface area contributed by atoms with Crippen LogP contribution in [0.2, 0.25) is 0 Å². The number of likely N-dealkylation sites (N-methyl/N-ethyl adjacent to an activating group) is 1. The van der Waals surface area contributed by atoms with Crippen molar-refractivity contribution in [2.75, 3.05) is 41.8 Å². The highest BCUT2D eigenvalue weighted by Crippen LogP contribution is 2.37. The van der Waals surface area contributed by atoms with Gasteiger partial charge in [0.15, 0.2) is 5.65 Å². The number of H-pyrrole nitrogens is 1. The average molecular weight is 479 g/mol. The summed E-state index contributed by atoms with van der Waals surface area (Å²) in [6.07, 6.45) is -1.85. The van der Waals surface area contributed by atoms with Gasteiger partial charge in [-0.05, 0) is 32.2 Å². The van der Waals surface area contributed by atoms with Crippen molar-refractivity contribution in [2.45, 2.75) is 19.1 Å². The molecule has 34 heavy (non-hydrogen) atoms. The van der Waals surface area contributed by atoms with E-state index in [1.807, 2.05) is 18.9 Å². The molecule has 0 radical (unpaired) electrons. The number of halogens is 4. The number of fused-ring (bicyclic) bond motifs is 1. The Morgan fingerprint density at radius 1 is 1.29 bits per heavy atom. The van der Waals surface area contributed by atoms with Crippen LogP contribution in [0.25, 0.3) is 11.0 Å². The summed E-state index contributed by atoms with van der Waals surface area (Å²) >= 11 is 0. The molecule has 1 aliphatic heterocycles. The number of hydrogen-bond acceptors (Lipinski definition) is 6. The molecule has 0 bridgehead atoms. The van der Waals surface area contributed by atoms with E-state index in [9.17, 15) is 27.2 Å². The zero-order chi connectivity index (χ0) is 24.6. The highest BCUT2D eigenvalue weighted by molar-refractivity contribution is 6.16. The number of aromatic amines is 1. The van der Waals surface area contributed by atoms with Gasteiger partial charge in [0.25, 0.3) is 0 Å². The minimum atomic E-state index is -4.95. The number of nitrogens with zero attached hydrogens (tertiary/aromatic N) is 5. The van der Waals surface area contributed by atoms with Gasteiger partial charge in [0.05, 0.1) is 34.7 Å². The molecule has 3 amide bonds. The maximum Gasteiger partial charge on any atom is 0.419 e. The van der Waals surface area contributed by atoms with Gasteiger partial charge in [0.2, 0.25) is 6.41 Å². The molecule has 1 fully saturated rings. The molecule has 3 heterocycles. The Morgan fingerprint density at radius 2 is 2.06 bits per heavy atom. The third kappa shape index (κ3) is 4.38. The lowest BCUT2D eigenvalue weighted by Gasteiger charge is -2.41. The van der Waals surface area contributed by atoms with E-state index in [1.165, 1.54) is 12.4 Å².